The van der Waals surface area contributed by atoms with Crippen molar-refractivity contribution in [1.29, 1.82) is 0 Å². The Morgan fingerprint density at radius 2 is 1.89 bits per heavy atom. The highest BCUT2D eigenvalue weighted by molar-refractivity contribution is 5.79. The molecule has 0 aromatic heterocycles. The summed E-state index contributed by atoms with van der Waals surface area (Å²) in [6.45, 7) is 5.05. The summed E-state index contributed by atoms with van der Waals surface area (Å²) in [6, 6.07) is 8.76. The van der Waals surface area contributed by atoms with Crippen LogP contribution < -0.4 is 5.73 Å². The molecule has 1 aliphatic carbocycles. The average molecular weight is 260 g/mol. The van der Waals surface area contributed by atoms with Gasteiger partial charge in [-0.2, -0.15) is 0 Å². The topological polar surface area (TPSA) is 46.3 Å². The first-order valence-corrected chi connectivity index (χ1v) is 7.06. The Kier molecular flexibility index (Phi) is 4.25. The van der Waals surface area contributed by atoms with Gasteiger partial charge in [-0.25, -0.2) is 0 Å². The third-order valence-electron chi connectivity index (χ3n) is 3.97. The molecule has 1 aliphatic rings. The maximum atomic E-state index is 12.1. The van der Waals surface area contributed by atoms with Crippen molar-refractivity contribution in [3.8, 4) is 0 Å². The Balaban J connectivity index is 1.91. The highest BCUT2D eigenvalue weighted by Gasteiger charge is 2.33. The van der Waals surface area contributed by atoms with Crippen LogP contribution in [0.4, 0.5) is 0 Å². The van der Waals surface area contributed by atoms with Crippen LogP contribution in [0.2, 0.25) is 0 Å². The van der Waals surface area contributed by atoms with Gasteiger partial charge in [0.25, 0.3) is 0 Å². The molecule has 0 atom stereocenters. The molecule has 1 amide bonds. The van der Waals surface area contributed by atoms with Crippen LogP contribution in [-0.4, -0.2) is 23.9 Å². The number of hydrogen-bond donors (Lipinski definition) is 1. The molecule has 0 bridgehead atoms. The molecule has 1 aromatic rings. The number of nitrogens with zero attached hydrogens (tertiary/aromatic N) is 1. The largest absolute Gasteiger partial charge is 0.341 e. The van der Waals surface area contributed by atoms with E-state index in [1.807, 2.05) is 11.9 Å². The zero-order valence-corrected chi connectivity index (χ0v) is 12.1. The highest BCUT2D eigenvalue weighted by atomic mass is 16.2. The molecule has 1 aromatic carbocycles. The lowest BCUT2D eigenvalue weighted by Gasteiger charge is -2.34. The van der Waals surface area contributed by atoms with Crippen LogP contribution >= 0.6 is 0 Å². The van der Waals surface area contributed by atoms with Crippen LogP contribution in [-0.2, 0) is 11.3 Å². The summed E-state index contributed by atoms with van der Waals surface area (Å²) in [6.07, 6.45) is 1.69. The summed E-state index contributed by atoms with van der Waals surface area (Å²) < 4.78 is 0. The van der Waals surface area contributed by atoms with Crippen molar-refractivity contribution in [1.82, 2.24) is 4.90 Å². The van der Waals surface area contributed by atoms with Gasteiger partial charge < -0.3 is 10.6 Å². The number of amides is 1. The zero-order valence-electron chi connectivity index (χ0n) is 12.1. The first-order chi connectivity index (χ1) is 8.97. The van der Waals surface area contributed by atoms with Crippen molar-refractivity contribution in [3.05, 3.63) is 35.4 Å². The van der Waals surface area contributed by atoms with E-state index >= 15 is 0 Å². The lowest BCUT2D eigenvalue weighted by atomic mass is 9.80. The van der Waals surface area contributed by atoms with Gasteiger partial charge in [-0.15, -0.1) is 0 Å². The lowest BCUT2D eigenvalue weighted by Crippen LogP contribution is -2.45. The molecule has 104 valence electrons. The molecule has 3 heteroatoms. The van der Waals surface area contributed by atoms with E-state index in [0.29, 0.717) is 12.5 Å². The Bertz CT molecular complexity index is 433. The first kappa shape index (κ1) is 14.1. The number of benzene rings is 1. The molecule has 0 radical (unpaired) electrons. The van der Waals surface area contributed by atoms with Crippen LogP contribution in [0, 0.1) is 5.92 Å². The summed E-state index contributed by atoms with van der Waals surface area (Å²) in [5.74, 6) is 0.925. The van der Waals surface area contributed by atoms with Gasteiger partial charge in [-0.1, -0.05) is 38.1 Å². The SMILES string of the molecule is CC(C)c1ccc(CN(C)C(=O)C2CC(N)C2)cc1. The van der Waals surface area contributed by atoms with Crippen molar-refractivity contribution in [2.75, 3.05) is 7.05 Å². The highest BCUT2D eigenvalue weighted by Crippen LogP contribution is 2.27. The normalized spacial score (nSPS) is 22.2. The lowest BCUT2D eigenvalue weighted by molar-refractivity contribution is -0.137. The number of hydrogen-bond acceptors (Lipinski definition) is 2. The molecule has 0 spiro atoms. The van der Waals surface area contributed by atoms with Crippen molar-refractivity contribution < 1.29 is 4.79 Å². The second-order valence-electron chi connectivity index (χ2n) is 6.02. The summed E-state index contributed by atoms with van der Waals surface area (Å²) in [7, 11) is 1.88. The van der Waals surface area contributed by atoms with E-state index < -0.39 is 0 Å². The molecular weight excluding hydrogens is 236 g/mol. The molecule has 2 rings (SSSR count). The smallest absolute Gasteiger partial charge is 0.225 e. The molecule has 0 unspecified atom stereocenters. The van der Waals surface area contributed by atoms with Gasteiger partial charge in [0.1, 0.15) is 0 Å². The Hall–Kier alpha value is -1.35. The van der Waals surface area contributed by atoms with Crippen LogP contribution in [0.5, 0.6) is 0 Å². The third-order valence-corrected chi connectivity index (χ3v) is 3.97. The number of carbonyl (C=O) groups is 1. The van der Waals surface area contributed by atoms with Gasteiger partial charge in [0.15, 0.2) is 0 Å². The minimum Gasteiger partial charge on any atom is -0.341 e. The molecule has 3 nitrogen and oxygen atoms in total. The van der Waals surface area contributed by atoms with E-state index in [1.54, 1.807) is 0 Å². The predicted molar refractivity (Wildman–Crippen MR) is 77.7 cm³/mol. The molecule has 0 aliphatic heterocycles. The zero-order chi connectivity index (χ0) is 14.0. The summed E-state index contributed by atoms with van der Waals surface area (Å²) in [4.78, 5) is 13.9. The summed E-state index contributed by atoms with van der Waals surface area (Å²) >= 11 is 0. The van der Waals surface area contributed by atoms with Crippen molar-refractivity contribution in [2.24, 2.45) is 11.7 Å². The monoisotopic (exact) mass is 260 g/mol. The Morgan fingerprint density at radius 3 is 2.37 bits per heavy atom. The fraction of sp³-hybridized carbons (Fsp3) is 0.562. The minimum atomic E-state index is 0.148. The van der Waals surface area contributed by atoms with E-state index in [4.69, 9.17) is 5.73 Å². The van der Waals surface area contributed by atoms with Crippen molar-refractivity contribution in [2.45, 2.75) is 45.2 Å². The third kappa shape index (κ3) is 3.35. The Morgan fingerprint density at radius 1 is 1.32 bits per heavy atom. The van der Waals surface area contributed by atoms with Gasteiger partial charge in [-0.3, -0.25) is 4.79 Å². The fourth-order valence-corrected chi connectivity index (χ4v) is 2.53. The standard InChI is InChI=1S/C16H24N2O/c1-11(2)13-6-4-12(5-7-13)10-18(3)16(19)14-8-15(17)9-14/h4-7,11,14-15H,8-10,17H2,1-3H3. The molecule has 1 fully saturated rings. The van der Waals surface area contributed by atoms with Gasteiger partial charge in [-0.05, 0) is 29.9 Å². The van der Waals surface area contributed by atoms with Gasteiger partial charge >= 0.3 is 0 Å². The summed E-state index contributed by atoms with van der Waals surface area (Å²) in [5.41, 5.74) is 8.25. The van der Waals surface area contributed by atoms with E-state index in [2.05, 4.69) is 38.1 Å². The van der Waals surface area contributed by atoms with Gasteiger partial charge in [0.05, 0.1) is 0 Å². The van der Waals surface area contributed by atoms with Gasteiger partial charge in [0, 0.05) is 25.6 Å². The predicted octanol–water partition coefficient (Wildman–Crippen LogP) is 2.51. The van der Waals surface area contributed by atoms with E-state index in [1.165, 1.54) is 11.1 Å². The fourth-order valence-electron chi connectivity index (χ4n) is 2.53. The number of rotatable bonds is 4. The van der Waals surface area contributed by atoms with Crippen LogP contribution in [0.25, 0.3) is 0 Å². The van der Waals surface area contributed by atoms with Gasteiger partial charge in [0.2, 0.25) is 5.91 Å². The molecule has 1 saturated carbocycles. The van der Waals surface area contributed by atoms with E-state index in [-0.39, 0.29) is 17.9 Å². The Labute approximate surface area is 115 Å². The molecular formula is C16H24N2O. The maximum Gasteiger partial charge on any atom is 0.225 e. The average Bonchev–Trinajstić information content (AvgIpc) is 2.34. The van der Waals surface area contributed by atoms with E-state index in [9.17, 15) is 4.79 Å². The second kappa shape index (κ2) is 5.74. The van der Waals surface area contributed by atoms with Crippen LogP contribution in [0.1, 0.15) is 43.7 Å². The van der Waals surface area contributed by atoms with E-state index in [0.717, 1.165) is 12.8 Å². The summed E-state index contributed by atoms with van der Waals surface area (Å²) in [5, 5.41) is 0. The van der Waals surface area contributed by atoms with Crippen molar-refractivity contribution >= 4 is 5.91 Å². The minimum absolute atomic E-state index is 0.148. The maximum absolute atomic E-state index is 12.1. The van der Waals surface area contributed by atoms with Crippen LogP contribution in [0.15, 0.2) is 24.3 Å². The first-order valence-electron chi connectivity index (χ1n) is 7.06. The molecule has 0 heterocycles. The molecule has 0 saturated heterocycles. The molecule has 19 heavy (non-hydrogen) atoms. The second-order valence-corrected chi connectivity index (χ2v) is 6.02. The quantitative estimate of drug-likeness (QED) is 0.904. The number of carbonyl (C=O) groups excluding carboxylic acids is 1. The number of nitrogens with two attached hydrogens (primary N) is 1. The van der Waals surface area contributed by atoms with Crippen molar-refractivity contribution in [3.63, 3.8) is 0 Å². The van der Waals surface area contributed by atoms with Crippen LogP contribution in [0.3, 0.4) is 0 Å². The molecule has 2 N–H and O–H groups in total.